The number of ketones is 1. The summed E-state index contributed by atoms with van der Waals surface area (Å²) in [6.45, 7) is 22.3. The lowest BCUT2D eigenvalue weighted by molar-refractivity contribution is -0.134. The number of rotatable bonds is 7. The first-order valence-corrected chi connectivity index (χ1v) is 14.0. The molecule has 2 rings (SSSR count). The number of nitrogens with two attached hydrogens (primary N) is 1. The molecule has 0 fully saturated rings. The number of amides is 1. The molecule has 0 aliphatic carbocycles. The fourth-order valence-electron chi connectivity index (χ4n) is 4.09. The Morgan fingerprint density at radius 3 is 2.10 bits per heavy atom. The molecular weight excluding hydrogens is 506 g/mol. The second kappa shape index (κ2) is 19.7. The molecule has 1 amide bonds. The first-order chi connectivity index (χ1) is 18.7. The number of hydrogen-bond donors (Lipinski definition) is 2. The van der Waals surface area contributed by atoms with Crippen LogP contribution in [0.3, 0.4) is 0 Å². The van der Waals surface area contributed by atoms with Crippen molar-refractivity contribution in [2.24, 2.45) is 17.1 Å². The normalized spacial score (nSPS) is 18.1. The molecule has 1 heterocycles. The Kier molecular flexibility index (Phi) is 19.1. The van der Waals surface area contributed by atoms with Crippen molar-refractivity contribution in [2.45, 2.75) is 94.4 Å². The van der Waals surface area contributed by atoms with Crippen LogP contribution in [0.2, 0.25) is 0 Å². The molecule has 1 aromatic carbocycles. The summed E-state index contributed by atoms with van der Waals surface area (Å²) < 4.78 is 12.2. The highest BCUT2D eigenvalue weighted by Crippen LogP contribution is 2.42. The number of primary amides is 1. The molecule has 226 valence electrons. The van der Waals surface area contributed by atoms with Crippen LogP contribution in [-0.4, -0.2) is 36.5 Å². The molecule has 1 aliphatic rings. The van der Waals surface area contributed by atoms with Gasteiger partial charge in [-0.25, -0.2) is 0 Å². The third-order valence-corrected chi connectivity index (χ3v) is 6.26. The standard InChI is InChI=1S/C28H40O3.C2H4O2.C2H6.CH3NO/c1-9-28(10-2,26-17-21(4)16-20(3)12-11-15-30-26)23-13-14-24(22(5)18-23)31-19-25(29)27(6,7)8;1-2(3)4;1-2;2-1-3/h11-14,16-18,21H,9-10,15,19H2,1-8H3;1H3,(H,3,4);1-2H3;1H,(H2,2,3)/b12-11-,20-16-,26-17-;;;. The smallest absolute Gasteiger partial charge is 0.300 e. The van der Waals surface area contributed by atoms with Crippen molar-refractivity contribution in [1.82, 2.24) is 0 Å². The molecule has 7 heteroatoms. The number of carbonyl (C=O) groups excluding carboxylic acids is 2. The number of carboxylic acids is 1. The van der Waals surface area contributed by atoms with Crippen LogP contribution in [0.1, 0.15) is 93.2 Å². The van der Waals surface area contributed by atoms with Gasteiger partial charge in [0.15, 0.2) is 5.78 Å². The maximum Gasteiger partial charge on any atom is 0.300 e. The Labute approximate surface area is 242 Å². The quantitative estimate of drug-likeness (QED) is 0.338. The minimum atomic E-state index is -0.833. The zero-order chi connectivity index (χ0) is 31.5. The summed E-state index contributed by atoms with van der Waals surface area (Å²) >= 11 is 0. The zero-order valence-electron chi connectivity index (χ0n) is 26.6. The second-order valence-electron chi connectivity index (χ2n) is 10.4. The molecule has 0 saturated carbocycles. The van der Waals surface area contributed by atoms with Gasteiger partial charge in [-0.05, 0) is 62.0 Å². The van der Waals surface area contributed by atoms with Crippen LogP contribution >= 0.6 is 0 Å². The van der Waals surface area contributed by atoms with E-state index in [1.807, 2.05) is 47.6 Å². The summed E-state index contributed by atoms with van der Waals surface area (Å²) in [4.78, 5) is 29.8. The van der Waals surface area contributed by atoms with Gasteiger partial charge in [0.25, 0.3) is 5.97 Å². The minimum Gasteiger partial charge on any atom is -0.493 e. The number of aryl methyl sites for hydroxylation is 1. The summed E-state index contributed by atoms with van der Waals surface area (Å²) in [5.74, 6) is 1.36. The maximum absolute atomic E-state index is 12.3. The highest BCUT2D eigenvalue weighted by Gasteiger charge is 2.35. The van der Waals surface area contributed by atoms with Crippen molar-refractivity contribution in [2.75, 3.05) is 13.2 Å². The SMILES string of the molecule is CC.CC(=O)O.CCC(CC)(/C1=C/C(C)/C=C(C)\C=C/CO1)c1ccc(OCC(=O)C(C)(C)C)c(C)c1.NC=O. The number of aliphatic carboxylic acids is 1. The monoisotopic (exact) mass is 559 g/mol. The summed E-state index contributed by atoms with van der Waals surface area (Å²) in [7, 11) is 0. The molecule has 1 atom stereocenters. The number of carboxylic acid groups (broad SMARTS) is 1. The lowest BCUT2D eigenvalue weighted by atomic mass is 9.73. The number of benzene rings is 1. The highest BCUT2D eigenvalue weighted by atomic mass is 16.5. The Bertz CT molecular complexity index is 1010. The van der Waals surface area contributed by atoms with Gasteiger partial charge >= 0.3 is 0 Å². The largest absolute Gasteiger partial charge is 0.493 e. The molecular formula is C33H53NO6. The summed E-state index contributed by atoms with van der Waals surface area (Å²) in [5, 5.41) is 7.42. The topological polar surface area (TPSA) is 116 Å². The van der Waals surface area contributed by atoms with E-state index in [2.05, 4.69) is 69.9 Å². The Morgan fingerprint density at radius 1 is 1.12 bits per heavy atom. The average Bonchev–Trinajstić information content (AvgIpc) is 2.95. The Hall–Kier alpha value is -3.35. The van der Waals surface area contributed by atoms with Gasteiger partial charge in [0.2, 0.25) is 6.41 Å². The molecule has 40 heavy (non-hydrogen) atoms. The minimum absolute atomic E-state index is 0.0974. The maximum atomic E-state index is 12.3. The van der Waals surface area contributed by atoms with Crippen molar-refractivity contribution in [3.63, 3.8) is 0 Å². The van der Waals surface area contributed by atoms with Crippen molar-refractivity contribution in [1.29, 1.82) is 0 Å². The number of Topliss-reactive ketones (excluding diaryl/α,β-unsaturated/α-hetero) is 1. The molecule has 0 spiro atoms. The fourth-order valence-corrected chi connectivity index (χ4v) is 4.09. The van der Waals surface area contributed by atoms with Crippen molar-refractivity contribution < 1.29 is 29.0 Å². The highest BCUT2D eigenvalue weighted by molar-refractivity contribution is 5.85. The lowest BCUT2D eigenvalue weighted by Gasteiger charge is -2.35. The van der Waals surface area contributed by atoms with E-state index in [1.54, 1.807) is 0 Å². The van der Waals surface area contributed by atoms with Gasteiger partial charge in [-0.2, -0.15) is 0 Å². The zero-order valence-corrected chi connectivity index (χ0v) is 26.6. The summed E-state index contributed by atoms with van der Waals surface area (Å²) in [6.07, 6.45) is 10.9. The molecule has 0 radical (unpaired) electrons. The average molecular weight is 560 g/mol. The third-order valence-electron chi connectivity index (χ3n) is 6.26. The molecule has 1 aliphatic heterocycles. The van der Waals surface area contributed by atoms with E-state index < -0.39 is 11.4 Å². The van der Waals surface area contributed by atoms with Crippen molar-refractivity contribution in [3.8, 4) is 5.75 Å². The van der Waals surface area contributed by atoms with Gasteiger partial charge in [0, 0.05) is 12.3 Å². The van der Waals surface area contributed by atoms with Crippen LogP contribution in [0.25, 0.3) is 0 Å². The van der Waals surface area contributed by atoms with Gasteiger partial charge in [0.1, 0.15) is 24.7 Å². The van der Waals surface area contributed by atoms with E-state index in [-0.39, 0.29) is 24.2 Å². The molecule has 1 unspecified atom stereocenters. The van der Waals surface area contributed by atoms with Gasteiger partial charge < -0.3 is 20.3 Å². The van der Waals surface area contributed by atoms with Gasteiger partial charge in [0.05, 0.1) is 5.41 Å². The number of allylic oxidation sites excluding steroid dienone is 5. The van der Waals surface area contributed by atoms with Crippen LogP contribution in [0.4, 0.5) is 0 Å². The summed E-state index contributed by atoms with van der Waals surface area (Å²) in [6, 6.07) is 6.33. The van der Waals surface area contributed by atoms with Crippen LogP contribution in [0, 0.1) is 18.3 Å². The number of ether oxygens (including phenoxy) is 2. The molecule has 0 saturated heterocycles. The van der Waals surface area contributed by atoms with E-state index in [9.17, 15) is 4.79 Å². The predicted molar refractivity (Wildman–Crippen MR) is 164 cm³/mol. The van der Waals surface area contributed by atoms with E-state index in [1.165, 1.54) is 11.1 Å². The van der Waals surface area contributed by atoms with E-state index >= 15 is 0 Å². The second-order valence-corrected chi connectivity index (χ2v) is 10.4. The molecule has 3 N–H and O–H groups in total. The van der Waals surface area contributed by atoms with Gasteiger partial charge in [-0.1, -0.05) is 85.2 Å². The van der Waals surface area contributed by atoms with Crippen LogP contribution in [0.5, 0.6) is 5.75 Å². The van der Waals surface area contributed by atoms with Crippen LogP contribution < -0.4 is 10.5 Å². The van der Waals surface area contributed by atoms with Crippen LogP contribution in [0.15, 0.2) is 53.8 Å². The number of hydrogen-bond acceptors (Lipinski definition) is 5. The first kappa shape index (κ1) is 38.8. The molecule has 1 aromatic rings. The number of carbonyl (C=O) groups is 3. The predicted octanol–water partition coefficient (Wildman–Crippen LogP) is 7.32. The van der Waals surface area contributed by atoms with Crippen molar-refractivity contribution >= 4 is 18.2 Å². The molecule has 0 aromatic heterocycles. The van der Waals surface area contributed by atoms with E-state index in [4.69, 9.17) is 24.2 Å². The molecule has 0 bridgehead atoms. The van der Waals surface area contributed by atoms with Gasteiger partial charge in [-0.15, -0.1) is 0 Å². The Morgan fingerprint density at radius 2 is 1.65 bits per heavy atom. The van der Waals surface area contributed by atoms with Crippen LogP contribution in [-0.2, 0) is 24.5 Å². The molecule has 7 nitrogen and oxygen atoms in total. The van der Waals surface area contributed by atoms with E-state index in [0.717, 1.165) is 36.8 Å². The van der Waals surface area contributed by atoms with E-state index in [0.29, 0.717) is 12.5 Å². The Balaban J connectivity index is 0. The fraction of sp³-hybridized carbons (Fsp3) is 0.545. The van der Waals surface area contributed by atoms with Crippen molar-refractivity contribution in [3.05, 3.63) is 65.0 Å². The summed E-state index contributed by atoms with van der Waals surface area (Å²) in [5.41, 5.74) is 7.10. The third kappa shape index (κ3) is 13.6. The first-order valence-electron chi connectivity index (χ1n) is 14.0. The van der Waals surface area contributed by atoms with Gasteiger partial charge in [-0.3, -0.25) is 14.4 Å². The lowest BCUT2D eigenvalue weighted by Crippen LogP contribution is -2.29.